The van der Waals surface area contributed by atoms with Gasteiger partial charge in [0.2, 0.25) is 0 Å². The number of aromatic hydroxyl groups is 1. The zero-order valence-corrected chi connectivity index (χ0v) is 24.9. The molecule has 0 radical (unpaired) electrons. The van der Waals surface area contributed by atoms with E-state index in [1.54, 1.807) is 13.0 Å². The minimum atomic E-state index is -0.928. The summed E-state index contributed by atoms with van der Waals surface area (Å²) in [5.41, 5.74) is -0.0933. The van der Waals surface area contributed by atoms with E-state index in [0.717, 1.165) is 32.2 Å². The van der Waals surface area contributed by atoms with Gasteiger partial charge in [0.1, 0.15) is 41.7 Å². The van der Waals surface area contributed by atoms with Crippen LogP contribution in [-0.4, -0.2) is 76.6 Å². The van der Waals surface area contributed by atoms with Crippen LogP contribution in [0.2, 0.25) is 0 Å². The molecule has 2 N–H and O–H groups in total. The van der Waals surface area contributed by atoms with E-state index in [-0.39, 0.29) is 58.0 Å². The second kappa shape index (κ2) is 10.5. The standard InChI is InChI=1S/C34H33F3N6O2/c1-18-25(13-38)29(24-11-23(44)10-19-4-2-5-26(36)28(19)24)30(37)31-27(18)32(42-15-21-6-7-22(16-42)39-21)41-33(40-31)45-17-34-8-3-9-43(34)14-20(35)12-34/h2,4-5,10-11,20-22,39,44H,3,6-9,12,14-17H2,1H3/t20-,21?,22?,34+/m1/s1. The number of rotatable bonds is 5. The maximum Gasteiger partial charge on any atom is 0.319 e. The molecular formula is C34H33F3N6O2. The first kappa shape index (κ1) is 28.3. The monoisotopic (exact) mass is 614 g/mol. The number of nitrogens with one attached hydrogen (secondary N) is 1. The fraction of sp³-hybridized carbons (Fsp3) is 0.441. The van der Waals surface area contributed by atoms with Gasteiger partial charge >= 0.3 is 6.01 Å². The van der Waals surface area contributed by atoms with Crippen LogP contribution < -0.4 is 15.0 Å². The number of halogens is 3. The van der Waals surface area contributed by atoms with Gasteiger partial charge in [-0.15, -0.1) is 0 Å². The summed E-state index contributed by atoms with van der Waals surface area (Å²) in [5.74, 6) is -1.12. The highest BCUT2D eigenvalue weighted by atomic mass is 19.1. The van der Waals surface area contributed by atoms with Crippen molar-refractivity contribution in [3.05, 3.63) is 53.1 Å². The van der Waals surface area contributed by atoms with Gasteiger partial charge in [0.05, 0.1) is 16.5 Å². The van der Waals surface area contributed by atoms with Crippen LogP contribution in [0.5, 0.6) is 11.8 Å². The first-order chi connectivity index (χ1) is 21.7. The third-order valence-electron chi connectivity index (χ3n) is 10.3. The Balaban J connectivity index is 1.34. The van der Waals surface area contributed by atoms with Gasteiger partial charge in [-0.05, 0) is 68.3 Å². The number of alkyl halides is 1. The van der Waals surface area contributed by atoms with Crippen molar-refractivity contribution in [1.82, 2.24) is 20.2 Å². The molecule has 8 nitrogen and oxygen atoms in total. The van der Waals surface area contributed by atoms with Crippen LogP contribution in [0.25, 0.3) is 32.8 Å². The Bertz CT molecular complexity index is 1900. The van der Waals surface area contributed by atoms with Crippen LogP contribution in [0.4, 0.5) is 19.0 Å². The van der Waals surface area contributed by atoms with Gasteiger partial charge in [0.25, 0.3) is 0 Å². The van der Waals surface area contributed by atoms with E-state index >= 15 is 8.78 Å². The zero-order valence-electron chi connectivity index (χ0n) is 24.9. The Morgan fingerprint density at radius 1 is 1.13 bits per heavy atom. The molecule has 11 heteroatoms. The molecule has 0 aliphatic carbocycles. The topological polar surface area (TPSA) is 97.5 Å². The number of hydrogen-bond donors (Lipinski definition) is 2. The number of fused-ring (bicyclic) bond motifs is 5. The highest BCUT2D eigenvalue weighted by Crippen LogP contribution is 2.44. The lowest BCUT2D eigenvalue weighted by Gasteiger charge is -2.35. The number of ether oxygens (including phenoxy) is 1. The van der Waals surface area contributed by atoms with Gasteiger partial charge < -0.3 is 20.1 Å². The van der Waals surface area contributed by atoms with Gasteiger partial charge in [-0.25, -0.2) is 13.2 Å². The SMILES string of the molecule is Cc1c(C#N)c(-c2cc(O)cc3cccc(F)c23)c(F)c2nc(OC[C@@]34CCCN3C[C@H](F)C4)nc(N3CC4CCC(C3)N4)c12. The Hall–Kier alpha value is -4.14. The van der Waals surface area contributed by atoms with Crippen LogP contribution in [-0.2, 0) is 0 Å². The van der Waals surface area contributed by atoms with Crippen LogP contribution in [0.3, 0.4) is 0 Å². The van der Waals surface area contributed by atoms with Crippen LogP contribution in [0.15, 0.2) is 30.3 Å². The van der Waals surface area contributed by atoms with Crippen LogP contribution in [0.1, 0.15) is 43.2 Å². The molecular weight excluding hydrogens is 581 g/mol. The van der Waals surface area contributed by atoms with Gasteiger partial charge in [-0.1, -0.05) is 12.1 Å². The molecule has 2 unspecified atom stereocenters. The number of anilines is 1. The first-order valence-corrected chi connectivity index (χ1v) is 15.6. The number of phenolic OH excluding ortho intramolecular Hbond substituents is 1. The summed E-state index contributed by atoms with van der Waals surface area (Å²) in [5, 5.41) is 25.5. The lowest BCUT2D eigenvalue weighted by molar-refractivity contribution is 0.107. The average Bonchev–Trinajstić information content (AvgIpc) is 3.67. The van der Waals surface area contributed by atoms with Gasteiger partial charge in [-0.2, -0.15) is 15.2 Å². The smallest absolute Gasteiger partial charge is 0.319 e. The highest BCUT2D eigenvalue weighted by Gasteiger charge is 2.49. The minimum Gasteiger partial charge on any atom is -0.508 e. The molecule has 0 saturated carbocycles. The predicted octanol–water partition coefficient (Wildman–Crippen LogP) is 5.51. The number of benzene rings is 3. The molecule has 8 rings (SSSR count). The summed E-state index contributed by atoms with van der Waals surface area (Å²) in [6.07, 6.45) is 3.23. The first-order valence-electron chi connectivity index (χ1n) is 15.6. The summed E-state index contributed by atoms with van der Waals surface area (Å²) in [6, 6.07) is 9.74. The van der Waals surface area contributed by atoms with Crippen molar-refractivity contribution in [2.75, 3.05) is 37.7 Å². The van der Waals surface area contributed by atoms with E-state index in [9.17, 15) is 14.8 Å². The maximum absolute atomic E-state index is 17.1. The van der Waals surface area contributed by atoms with E-state index in [1.807, 2.05) is 0 Å². The Morgan fingerprint density at radius 3 is 2.71 bits per heavy atom. The van der Waals surface area contributed by atoms with E-state index in [2.05, 4.69) is 26.2 Å². The molecule has 45 heavy (non-hydrogen) atoms. The Kier molecular flexibility index (Phi) is 6.59. The van der Waals surface area contributed by atoms with Crippen molar-refractivity contribution in [2.24, 2.45) is 0 Å². The Morgan fingerprint density at radius 2 is 1.93 bits per heavy atom. The average molecular weight is 615 g/mol. The quantitative estimate of drug-likeness (QED) is 0.304. The number of nitriles is 1. The lowest BCUT2D eigenvalue weighted by atomic mass is 9.89. The third kappa shape index (κ3) is 4.49. The van der Waals surface area contributed by atoms with E-state index < -0.39 is 23.3 Å². The second-order valence-corrected chi connectivity index (χ2v) is 13.1. The van der Waals surface area contributed by atoms with Crippen LogP contribution in [0, 0.1) is 29.9 Å². The molecule has 4 aliphatic heterocycles. The third-order valence-corrected chi connectivity index (χ3v) is 10.3. The fourth-order valence-electron chi connectivity index (χ4n) is 8.34. The van der Waals surface area contributed by atoms with E-state index in [0.29, 0.717) is 48.2 Å². The number of piperazine rings is 1. The molecule has 5 heterocycles. The number of nitrogens with zero attached hydrogens (tertiary/aromatic N) is 5. The highest BCUT2D eigenvalue weighted by molar-refractivity contribution is 6.05. The second-order valence-electron chi connectivity index (χ2n) is 13.1. The van der Waals surface area contributed by atoms with E-state index in [1.165, 1.54) is 24.3 Å². The van der Waals surface area contributed by atoms with Crippen molar-refractivity contribution in [3.8, 4) is 29.0 Å². The molecule has 4 atom stereocenters. The summed E-state index contributed by atoms with van der Waals surface area (Å²) in [7, 11) is 0. The number of phenols is 1. The fourth-order valence-corrected chi connectivity index (χ4v) is 8.34. The van der Waals surface area contributed by atoms with Crippen molar-refractivity contribution in [1.29, 1.82) is 5.26 Å². The summed E-state index contributed by atoms with van der Waals surface area (Å²) in [6.45, 7) is 4.38. The lowest BCUT2D eigenvalue weighted by Crippen LogP contribution is -2.51. The molecule has 4 aliphatic rings. The van der Waals surface area contributed by atoms with Gasteiger partial charge in [-0.3, -0.25) is 4.90 Å². The van der Waals surface area contributed by atoms with E-state index in [4.69, 9.17) is 9.72 Å². The molecule has 3 aromatic carbocycles. The number of hydrogen-bond acceptors (Lipinski definition) is 8. The zero-order chi connectivity index (χ0) is 31.0. The molecule has 0 spiro atoms. The summed E-state index contributed by atoms with van der Waals surface area (Å²) >= 11 is 0. The largest absolute Gasteiger partial charge is 0.508 e. The number of aryl methyl sites for hydroxylation is 1. The van der Waals surface area contributed by atoms with Crippen molar-refractivity contribution >= 4 is 27.5 Å². The van der Waals surface area contributed by atoms with Crippen molar-refractivity contribution in [3.63, 3.8) is 0 Å². The molecule has 0 amide bonds. The molecule has 4 aromatic rings. The van der Waals surface area contributed by atoms with Gasteiger partial charge in [0.15, 0.2) is 5.82 Å². The van der Waals surface area contributed by atoms with Crippen LogP contribution >= 0.6 is 0 Å². The summed E-state index contributed by atoms with van der Waals surface area (Å²) in [4.78, 5) is 13.7. The molecule has 4 fully saturated rings. The molecule has 4 saturated heterocycles. The van der Waals surface area contributed by atoms with Gasteiger partial charge in [0, 0.05) is 54.7 Å². The normalized spacial score (nSPS) is 26.1. The maximum atomic E-state index is 17.1. The minimum absolute atomic E-state index is 0.0205. The number of aromatic nitrogens is 2. The predicted molar refractivity (Wildman–Crippen MR) is 164 cm³/mol. The Labute approximate surface area is 258 Å². The molecule has 232 valence electrons. The van der Waals surface area contributed by atoms with Crippen molar-refractivity contribution in [2.45, 2.75) is 62.8 Å². The molecule has 1 aromatic heterocycles. The molecule has 2 bridgehead atoms. The summed E-state index contributed by atoms with van der Waals surface area (Å²) < 4.78 is 53.1. The van der Waals surface area contributed by atoms with Crippen molar-refractivity contribution < 1.29 is 23.0 Å².